The highest BCUT2D eigenvalue weighted by atomic mass is 16.5. The zero-order chi connectivity index (χ0) is 17.8. The number of methoxy groups -OCH3 is 1. The molecule has 0 saturated carbocycles. The summed E-state index contributed by atoms with van der Waals surface area (Å²) in [4.78, 5) is 16.0. The van der Waals surface area contributed by atoms with Crippen molar-refractivity contribution in [3.8, 4) is 0 Å². The van der Waals surface area contributed by atoms with Gasteiger partial charge in [-0.05, 0) is 30.0 Å². The second-order valence-electron chi connectivity index (χ2n) is 6.05. The lowest BCUT2D eigenvalue weighted by Gasteiger charge is -2.13. The summed E-state index contributed by atoms with van der Waals surface area (Å²) < 4.78 is 5.02. The number of carbonyl (C=O) groups excluding carboxylic acids is 1. The molecule has 1 aromatic rings. The zero-order valence-electron chi connectivity index (χ0n) is 15.2. The van der Waals surface area contributed by atoms with Crippen LogP contribution in [0, 0.1) is 5.92 Å². The zero-order valence-corrected chi connectivity index (χ0v) is 15.2. The van der Waals surface area contributed by atoms with Crippen LogP contribution >= 0.6 is 0 Å². The lowest BCUT2D eigenvalue weighted by atomic mass is 10.1. The summed E-state index contributed by atoms with van der Waals surface area (Å²) in [5.74, 6) is 1.15. The van der Waals surface area contributed by atoms with Crippen molar-refractivity contribution in [2.45, 2.75) is 33.2 Å². The minimum absolute atomic E-state index is 0.0470. The van der Waals surface area contributed by atoms with Crippen LogP contribution in [0.2, 0.25) is 0 Å². The standard InChI is InChI=1S/C18H30N4O2/c1-14(2)11-17(23)22-16-8-5-7-15(12-16)13-21-18(19-3)20-9-6-10-24-4/h5,7-8,12,14H,6,9-11,13H2,1-4H3,(H,22,23)(H2,19,20,21). The molecule has 0 unspecified atom stereocenters. The molecule has 134 valence electrons. The maximum Gasteiger partial charge on any atom is 0.224 e. The Morgan fingerprint density at radius 3 is 2.75 bits per heavy atom. The Kier molecular flexibility index (Phi) is 9.53. The molecule has 1 rings (SSSR count). The quantitative estimate of drug-likeness (QED) is 0.368. The Morgan fingerprint density at radius 1 is 1.29 bits per heavy atom. The molecule has 6 nitrogen and oxygen atoms in total. The van der Waals surface area contributed by atoms with Crippen molar-refractivity contribution >= 4 is 17.6 Å². The predicted octanol–water partition coefficient (Wildman–Crippen LogP) is 2.37. The van der Waals surface area contributed by atoms with Gasteiger partial charge >= 0.3 is 0 Å². The minimum atomic E-state index is 0.0470. The van der Waals surface area contributed by atoms with E-state index in [-0.39, 0.29) is 5.91 Å². The van der Waals surface area contributed by atoms with Gasteiger partial charge in [0.15, 0.2) is 5.96 Å². The molecule has 0 spiro atoms. The van der Waals surface area contributed by atoms with E-state index in [0.29, 0.717) is 18.9 Å². The molecule has 3 N–H and O–H groups in total. The smallest absolute Gasteiger partial charge is 0.224 e. The molecule has 0 heterocycles. The normalized spacial score (nSPS) is 11.5. The molecule has 0 atom stereocenters. The Balaban J connectivity index is 2.47. The fourth-order valence-corrected chi connectivity index (χ4v) is 2.17. The summed E-state index contributed by atoms with van der Waals surface area (Å²) in [6, 6.07) is 7.84. The number of rotatable bonds is 9. The first kappa shape index (κ1) is 20.0. The Bertz CT molecular complexity index is 530. The highest BCUT2D eigenvalue weighted by molar-refractivity contribution is 5.90. The van der Waals surface area contributed by atoms with E-state index in [2.05, 4.69) is 20.9 Å². The van der Waals surface area contributed by atoms with Crippen LogP contribution in [0.25, 0.3) is 0 Å². The number of nitrogens with one attached hydrogen (secondary N) is 3. The third-order valence-electron chi connectivity index (χ3n) is 3.31. The van der Waals surface area contributed by atoms with Crippen LogP contribution < -0.4 is 16.0 Å². The van der Waals surface area contributed by atoms with Crippen LogP contribution in [0.15, 0.2) is 29.3 Å². The van der Waals surface area contributed by atoms with Crippen molar-refractivity contribution in [2.75, 3.05) is 32.6 Å². The number of anilines is 1. The molecule has 0 aromatic heterocycles. The summed E-state index contributed by atoms with van der Waals surface area (Å²) in [5.41, 5.74) is 1.90. The molecule has 0 aliphatic heterocycles. The molecule has 6 heteroatoms. The number of hydrogen-bond donors (Lipinski definition) is 3. The van der Waals surface area contributed by atoms with Gasteiger partial charge in [-0.15, -0.1) is 0 Å². The van der Waals surface area contributed by atoms with E-state index in [1.807, 2.05) is 38.1 Å². The lowest BCUT2D eigenvalue weighted by molar-refractivity contribution is -0.116. The van der Waals surface area contributed by atoms with Crippen molar-refractivity contribution in [1.29, 1.82) is 0 Å². The van der Waals surface area contributed by atoms with Gasteiger partial charge in [0.25, 0.3) is 0 Å². The number of benzene rings is 1. The van der Waals surface area contributed by atoms with Crippen molar-refractivity contribution < 1.29 is 9.53 Å². The van der Waals surface area contributed by atoms with Gasteiger partial charge < -0.3 is 20.7 Å². The molecule has 0 fully saturated rings. The Hall–Kier alpha value is -2.08. The fraction of sp³-hybridized carbons (Fsp3) is 0.556. The molecule has 0 radical (unpaired) electrons. The van der Waals surface area contributed by atoms with Crippen LogP contribution in [0.5, 0.6) is 0 Å². The highest BCUT2D eigenvalue weighted by Crippen LogP contribution is 2.12. The maximum atomic E-state index is 11.9. The highest BCUT2D eigenvalue weighted by Gasteiger charge is 2.06. The van der Waals surface area contributed by atoms with Crippen LogP contribution in [0.1, 0.15) is 32.3 Å². The SMILES string of the molecule is CN=C(NCCCOC)NCc1cccc(NC(=O)CC(C)C)c1. The molecule has 1 amide bonds. The summed E-state index contributed by atoms with van der Waals surface area (Å²) >= 11 is 0. The topological polar surface area (TPSA) is 74.8 Å². The van der Waals surface area contributed by atoms with Crippen molar-refractivity contribution in [2.24, 2.45) is 10.9 Å². The summed E-state index contributed by atoms with van der Waals surface area (Å²) in [6.07, 6.45) is 1.45. The van der Waals surface area contributed by atoms with E-state index in [4.69, 9.17) is 4.74 Å². The van der Waals surface area contributed by atoms with Crippen LogP contribution in [-0.2, 0) is 16.1 Å². The van der Waals surface area contributed by atoms with Crippen LogP contribution in [0.4, 0.5) is 5.69 Å². The van der Waals surface area contributed by atoms with E-state index in [1.165, 1.54) is 0 Å². The number of hydrogen-bond acceptors (Lipinski definition) is 3. The van der Waals surface area contributed by atoms with Crippen LogP contribution in [0.3, 0.4) is 0 Å². The van der Waals surface area contributed by atoms with Gasteiger partial charge in [0, 0.05) is 46.0 Å². The number of ether oxygens (including phenoxy) is 1. The van der Waals surface area contributed by atoms with Crippen molar-refractivity contribution in [3.05, 3.63) is 29.8 Å². The first-order valence-electron chi connectivity index (χ1n) is 8.37. The average Bonchev–Trinajstić information content (AvgIpc) is 2.53. The van der Waals surface area contributed by atoms with Crippen molar-refractivity contribution in [3.63, 3.8) is 0 Å². The minimum Gasteiger partial charge on any atom is -0.385 e. The maximum absolute atomic E-state index is 11.9. The van der Waals surface area contributed by atoms with E-state index in [0.717, 1.165) is 36.8 Å². The summed E-state index contributed by atoms with van der Waals surface area (Å²) in [7, 11) is 3.44. The average molecular weight is 334 g/mol. The molecule has 0 aliphatic rings. The van der Waals surface area contributed by atoms with E-state index < -0.39 is 0 Å². The first-order valence-corrected chi connectivity index (χ1v) is 8.37. The lowest BCUT2D eigenvalue weighted by Crippen LogP contribution is -2.37. The number of amides is 1. The third-order valence-corrected chi connectivity index (χ3v) is 3.31. The monoisotopic (exact) mass is 334 g/mol. The second kappa shape index (κ2) is 11.5. The van der Waals surface area contributed by atoms with Crippen molar-refractivity contribution in [1.82, 2.24) is 10.6 Å². The van der Waals surface area contributed by atoms with E-state index in [1.54, 1.807) is 14.2 Å². The number of nitrogens with zero attached hydrogens (tertiary/aromatic N) is 1. The molecular formula is C18H30N4O2. The van der Waals surface area contributed by atoms with E-state index >= 15 is 0 Å². The predicted molar refractivity (Wildman–Crippen MR) is 99.2 cm³/mol. The molecule has 1 aromatic carbocycles. The molecule has 0 saturated heterocycles. The van der Waals surface area contributed by atoms with Gasteiger partial charge in [0.05, 0.1) is 0 Å². The number of guanidine groups is 1. The van der Waals surface area contributed by atoms with Crippen LogP contribution in [-0.4, -0.2) is 39.2 Å². The van der Waals surface area contributed by atoms with Gasteiger partial charge in [-0.3, -0.25) is 9.79 Å². The fourth-order valence-electron chi connectivity index (χ4n) is 2.17. The molecule has 0 aliphatic carbocycles. The van der Waals surface area contributed by atoms with Gasteiger partial charge in [-0.1, -0.05) is 26.0 Å². The van der Waals surface area contributed by atoms with Gasteiger partial charge in [-0.25, -0.2) is 0 Å². The van der Waals surface area contributed by atoms with Gasteiger partial charge in [-0.2, -0.15) is 0 Å². The summed E-state index contributed by atoms with van der Waals surface area (Å²) in [5, 5.41) is 9.43. The molecular weight excluding hydrogens is 304 g/mol. The first-order chi connectivity index (χ1) is 11.5. The number of carbonyl (C=O) groups is 1. The Morgan fingerprint density at radius 2 is 2.08 bits per heavy atom. The summed E-state index contributed by atoms with van der Waals surface area (Å²) in [6.45, 7) is 6.23. The third kappa shape index (κ3) is 8.53. The Labute approximate surface area is 145 Å². The van der Waals surface area contributed by atoms with E-state index in [9.17, 15) is 4.79 Å². The molecule has 24 heavy (non-hydrogen) atoms. The molecule has 0 bridgehead atoms. The van der Waals surface area contributed by atoms with Gasteiger partial charge in [0.2, 0.25) is 5.91 Å². The second-order valence-corrected chi connectivity index (χ2v) is 6.05. The van der Waals surface area contributed by atoms with Gasteiger partial charge in [0.1, 0.15) is 0 Å². The largest absolute Gasteiger partial charge is 0.385 e. The number of aliphatic imine (C=N–C) groups is 1.